The number of nitrogens with one attached hydrogen (secondary N) is 1. The Kier molecular flexibility index (Phi) is 4.55. The van der Waals surface area contributed by atoms with Gasteiger partial charge in [0.25, 0.3) is 0 Å². The fraction of sp³-hybridized carbons (Fsp3) is 0.381. The number of likely N-dealkylation sites (tertiary alicyclic amines) is 1. The molecule has 0 radical (unpaired) electrons. The Bertz CT molecular complexity index is 783. The van der Waals surface area contributed by atoms with Crippen LogP contribution in [0.15, 0.2) is 48.5 Å². The summed E-state index contributed by atoms with van der Waals surface area (Å²) in [6.45, 7) is 3.23. The topological polar surface area (TPSA) is 61.8 Å². The molecule has 0 aliphatic carbocycles. The van der Waals surface area contributed by atoms with Crippen LogP contribution in [0.4, 0.5) is 11.4 Å². The number of nitrogens with zero attached hydrogens (tertiary/aromatic N) is 1. The fourth-order valence-electron chi connectivity index (χ4n) is 4.01. The number of hydrogen-bond acceptors (Lipinski definition) is 4. The number of piperidine rings is 1. The van der Waals surface area contributed by atoms with Crippen molar-refractivity contribution >= 4 is 17.3 Å². The van der Waals surface area contributed by atoms with Crippen molar-refractivity contribution in [3.8, 4) is 5.75 Å². The molecule has 2 aliphatic rings. The maximum Gasteiger partial charge on any atom is 0.304 e. The smallest absolute Gasteiger partial charge is 0.304 e. The molecule has 2 aromatic rings. The van der Waals surface area contributed by atoms with E-state index in [0.29, 0.717) is 6.54 Å². The lowest BCUT2D eigenvalue weighted by Gasteiger charge is -2.38. The minimum absolute atomic E-state index is 0.0837. The van der Waals surface area contributed by atoms with E-state index in [-0.39, 0.29) is 11.8 Å². The Hall–Kier alpha value is -2.53. The summed E-state index contributed by atoms with van der Waals surface area (Å²) in [4.78, 5) is 13.0. The zero-order valence-electron chi connectivity index (χ0n) is 14.8. The molecule has 0 bridgehead atoms. The van der Waals surface area contributed by atoms with Crippen molar-refractivity contribution in [1.29, 1.82) is 0 Å². The first-order valence-corrected chi connectivity index (χ1v) is 9.18. The zero-order valence-corrected chi connectivity index (χ0v) is 14.8. The van der Waals surface area contributed by atoms with Crippen LogP contribution < -0.4 is 10.1 Å². The molecule has 136 valence electrons. The van der Waals surface area contributed by atoms with Gasteiger partial charge in [-0.15, -0.1) is 0 Å². The van der Waals surface area contributed by atoms with E-state index in [4.69, 9.17) is 9.84 Å². The lowest BCUT2D eigenvalue weighted by Crippen LogP contribution is -2.44. The molecule has 2 N–H and O–H groups in total. The molecule has 0 saturated carbocycles. The third-order valence-electron chi connectivity index (χ3n) is 5.57. The van der Waals surface area contributed by atoms with Gasteiger partial charge in [-0.1, -0.05) is 24.3 Å². The van der Waals surface area contributed by atoms with Gasteiger partial charge in [0.1, 0.15) is 5.75 Å². The number of rotatable bonds is 5. The van der Waals surface area contributed by atoms with Crippen molar-refractivity contribution in [2.24, 2.45) is 0 Å². The summed E-state index contributed by atoms with van der Waals surface area (Å²) >= 11 is 0. The second-order valence-electron chi connectivity index (χ2n) is 7.26. The van der Waals surface area contributed by atoms with Gasteiger partial charge >= 0.3 is 5.97 Å². The third kappa shape index (κ3) is 3.40. The summed E-state index contributed by atoms with van der Waals surface area (Å²) in [6, 6.07) is 16.5. The van der Waals surface area contributed by atoms with Gasteiger partial charge in [-0.25, -0.2) is 0 Å². The van der Waals surface area contributed by atoms with Crippen molar-refractivity contribution in [1.82, 2.24) is 4.90 Å². The second kappa shape index (κ2) is 7.00. The molecule has 2 heterocycles. The van der Waals surface area contributed by atoms with Crippen LogP contribution in [0.2, 0.25) is 0 Å². The predicted octanol–water partition coefficient (Wildman–Crippen LogP) is 3.63. The number of fused-ring (bicyclic) bond motifs is 2. The number of hydrogen-bond donors (Lipinski definition) is 2. The van der Waals surface area contributed by atoms with Crippen LogP contribution in [0.25, 0.3) is 0 Å². The van der Waals surface area contributed by atoms with Gasteiger partial charge in [0, 0.05) is 35.0 Å². The Balaban J connectivity index is 1.44. The van der Waals surface area contributed by atoms with Gasteiger partial charge in [-0.05, 0) is 44.1 Å². The van der Waals surface area contributed by atoms with Crippen molar-refractivity contribution < 1.29 is 14.6 Å². The molecule has 0 atom stereocenters. The molecule has 1 spiro atoms. The van der Waals surface area contributed by atoms with E-state index in [0.717, 1.165) is 49.7 Å². The van der Waals surface area contributed by atoms with Crippen LogP contribution >= 0.6 is 0 Å². The van der Waals surface area contributed by atoms with Crippen LogP contribution in [0.5, 0.6) is 5.75 Å². The van der Waals surface area contributed by atoms with Crippen molar-refractivity contribution in [2.75, 3.05) is 31.6 Å². The minimum Gasteiger partial charge on any atom is -0.492 e. The molecule has 5 nitrogen and oxygen atoms in total. The molecule has 5 heteroatoms. The van der Waals surface area contributed by atoms with Crippen LogP contribution in [-0.2, 0) is 10.2 Å². The van der Waals surface area contributed by atoms with Crippen molar-refractivity contribution in [2.45, 2.75) is 24.7 Å². The summed E-state index contributed by atoms with van der Waals surface area (Å²) in [5.74, 6) is 0.253. The average molecular weight is 352 g/mol. The van der Waals surface area contributed by atoms with Crippen molar-refractivity contribution in [3.05, 3.63) is 54.1 Å². The molecule has 1 fully saturated rings. The van der Waals surface area contributed by atoms with Gasteiger partial charge in [0.2, 0.25) is 0 Å². The van der Waals surface area contributed by atoms with Crippen LogP contribution in [0, 0.1) is 0 Å². The zero-order chi connectivity index (χ0) is 18.0. The number of benzene rings is 2. The summed E-state index contributed by atoms with van der Waals surface area (Å²) in [5, 5.41) is 12.3. The van der Waals surface area contributed by atoms with Gasteiger partial charge in [-0.2, -0.15) is 0 Å². The number of carboxylic acid groups (broad SMARTS) is 1. The second-order valence-corrected chi connectivity index (χ2v) is 7.26. The molecule has 26 heavy (non-hydrogen) atoms. The normalized spacial score (nSPS) is 18.3. The standard InChI is InChI=1S/C21H24N2O3/c24-20(25)8-11-23-12-9-21(10-13-23)15-26-19-14-17(6-7-18(19)21)22-16-4-2-1-3-5-16/h1-7,14,22H,8-13,15H2,(H,24,25). The lowest BCUT2D eigenvalue weighted by molar-refractivity contribution is -0.137. The monoisotopic (exact) mass is 352 g/mol. The summed E-state index contributed by atoms with van der Waals surface area (Å²) < 4.78 is 6.05. The van der Waals surface area contributed by atoms with E-state index in [1.54, 1.807) is 0 Å². The van der Waals surface area contributed by atoms with E-state index >= 15 is 0 Å². The number of carbonyl (C=O) groups is 1. The highest BCUT2D eigenvalue weighted by atomic mass is 16.5. The highest BCUT2D eigenvalue weighted by molar-refractivity contribution is 5.67. The van der Waals surface area contributed by atoms with Gasteiger partial charge in [0.15, 0.2) is 0 Å². The van der Waals surface area contributed by atoms with E-state index in [1.165, 1.54) is 5.56 Å². The van der Waals surface area contributed by atoms with E-state index in [1.807, 2.05) is 30.3 Å². The van der Waals surface area contributed by atoms with Gasteiger partial charge < -0.3 is 20.1 Å². The molecule has 2 aromatic carbocycles. The summed E-state index contributed by atoms with van der Waals surface area (Å²) in [5.41, 5.74) is 3.48. The lowest BCUT2D eigenvalue weighted by atomic mass is 9.74. The quantitative estimate of drug-likeness (QED) is 0.860. The first-order chi connectivity index (χ1) is 12.6. The van der Waals surface area contributed by atoms with Crippen LogP contribution in [-0.4, -0.2) is 42.2 Å². The number of anilines is 2. The SMILES string of the molecule is O=C(O)CCN1CCC2(CC1)COc1cc(Nc3ccccc3)ccc12. The maximum absolute atomic E-state index is 10.8. The molecule has 2 aliphatic heterocycles. The molecule has 0 aromatic heterocycles. The minimum atomic E-state index is -0.724. The number of para-hydroxylation sites is 1. The molecule has 4 rings (SSSR count). The first-order valence-electron chi connectivity index (χ1n) is 9.18. The summed E-state index contributed by atoms with van der Waals surface area (Å²) in [6.07, 6.45) is 2.25. The Morgan fingerprint density at radius 3 is 2.62 bits per heavy atom. The number of ether oxygens (including phenoxy) is 1. The maximum atomic E-state index is 10.8. The molecule has 0 unspecified atom stereocenters. The Morgan fingerprint density at radius 2 is 1.88 bits per heavy atom. The van der Waals surface area contributed by atoms with E-state index in [9.17, 15) is 4.79 Å². The molecular formula is C21H24N2O3. The fourth-order valence-corrected chi connectivity index (χ4v) is 4.01. The largest absolute Gasteiger partial charge is 0.492 e. The summed E-state index contributed by atoms with van der Waals surface area (Å²) in [7, 11) is 0. The van der Waals surface area contributed by atoms with E-state index in [2.05, 4.69) is 28.4 Å². The average Bonchev–Trinajstić information content (AvgIpc) is 3.00. The van der Waals surface area contributed by atoms with Crippen LogP contribution in [0.1, 0.15) is 24.8 Å². The Labute approximate surface area is 153 Å². The first kappa shape index (κ1) is 16.9. The molecular weight excluding hydrogens is 328 g/mol. The van der Waals surface area contributed by atoms with E-state index < -0.39 is 5.97 Å². The molecule has 0 amide bonds. The van der Waals surface area contributed by atoms with Gasteiger partial charge in [0.05, 0.1) is 13.0 Å². The Morgan fingerprint density at radius 1 is 1.12 bits per heavy atom. The highest BCUT2D eigenvalue weighted by Gasteiger charge is 2.43. The third-order valence-corrected chi connectivity index (χ3v) is 5.57. The molecule has 1 saturated heterocycles. The highest BCUT2D eigenvalue weighted by Crippen LogP contribution is 2.46. The van der Waals surface area contributed by atoms with Crippen LogP contribution in [0.3, 0.4) is 0 Å². The number of aliphatic carboxylic acids is 1. The van der Waals surface area contributed by atoms with Crippen molar-refractivity contribution in [3.63, 3.8) is 0 Å². The number of carboxylic acids is 1. The van der Waals surface area contributed by atoms with Gasteiger partial charge in [-0.3, -0.25) is 4.79 Å². The predicted molar refractivity (Wildman–Crippen MR) is 101 cm³/mol.